The molecule has 2 aliphatic heterocycles. The van der Waals surface area contributed by atoms with Gasteiger partial charge in [-0.2, -0.15) is 13.2 Å². The van der Waals surface area contributed by atoms with Gasteiger partial charge in [-0.1, -0.05) is 36.4 Å². The number of nitrogens with two attached hydrogens (primary N) is 1. The SMILES string of the molecule is CC(C)(N)C(=O)N[C@H](COCc1ccccc1)C(=O)N1CCN2C(=O)N(CC(F)(F)F)C(=O)[C@]2(Cc2ccccn2)C1. The van der Waals surface area contributed by atoms with Crippen LogP contribution in [0.1, 0.15) is 25.1 Å². The number of aromatic nitrogens is 1. The van der Waals surface area contributed by atoms with Crippen LogP contribution in [0.2, 0.25) is 0 Å². The number of imide groups is 1. The van der Waals surface area contributed by atoms with Gasteiger partial charge < -0.3 is 25.6 Å². The van der Waals surface area contributed by atoms with Crippen molar-refractivity contribution in [3.8, 4) is 0 Å². The zero-order valence-electron chi connectivity index (χ0n) is 23.3. The number of halogens is 3. The molecule has 14 heteroatoms. The maximum Gasteiger partial charge on any atom is 0.406 e. The lowest BCUT2D eigenvalue weighted by atomic mass is 9.88. The first-order valence-corrected chi connectivity index (χ1v) is 13.3. The van der Waals surface area contributed by atoms with Crippen LogP contribution in [0, 0.1) is 0 Å². The van der Waals surface area contributed by atoms with Gasteiger partial charge in [0.2, 0.25) is 11.8 Å². The van der Waals surface area contributed by atoms with E-state index in [1.54, 1.807) is 18.2 Å². The third-order valence-corrected chi connectivity index (χ3v) is 7.10. The van der Waals surface area contributed by atoms with Crippen LogP contribution in [0.15, 0.2) is 54.7 Å². The lowest BCUT2D eigenvalue weighted by Gasteiger charge is -2.45. The van der Waals surface area contributed by atoms with Gasteiger partial charge in [0.15, 0.2) is 0 Å². The van der Waals surface area contributed by atoms with E-state index >= 15 is 0 Å². The second-order valence-corrected chi connectivity index (χ2v) is 11.0. The number of pyridine rings is 1. The molecule has 5 amide bonds. The van der Waals surface area contributed by atoms with E-state index in [0.29, 0.717) is 5.69 Å². The van der Waals surface area contributed by atoms with E-state index in [1.807, 2.05) is 30.3 Å². The van der Waals surface area contributed by atoms with E-state index in [2.05, 4.69) is 10.3 Å². The Kier molecular flexibility index (Phi) is 8.87. The highest BCUT2D eigenvalue weighted by atomic mass is 19.4. The summed E-state index contributed by atoms with van der Waals surface area (Å²) < 4.78 is 45.8. The Balaban J connectivity index is 1.61. The number of carbonyl (C=O) groups excluding carboxylic acids is 4. The van der Waals surface area contributed by atoms with E-state index in [1.165, 1.54) is 24.9 Å². The van der Waals surface area contributed by atoms with Crippen LogP contribution in [0.4, 0.5) is 18.0 Å². The van der Waals surface area contributed by atoms with Gasteiger partial charge in [0.1, 0.15) is 18.1 Å². The minimum atomic E-state index is -4.82. The Morgan fingerprint density at radius 1 is 1.10 bits per heavy atom. The third kappa shape index (κ3) is 6.87. The number of fused-ring (bicyclic) bond motifs is 1. The molecule has 0 radical (unpaired) electrons. The topological polar surface area (TPSA) is 138 Å². The molecule has 0 spiro atoms. The summed E-state index contributed by atoms with van der Waals surface area (Å²) >= 11 is 0. The lowest BCUT2D eigenvalue weighted by molar-refractivity contribution is -0.157. The molecule has 0 bridgehead atoms. The highest BCUT2D eigenvalue weighted by molar-refractivity contribution is 6.08. The number of urea groups is 1. The third-order valence-electron chi connectivity index (χ3n) is 7.10. The summed E-state index contributed by atoms with van der Waals surface area (Å²) in [6, 6.07) is 11.7. The number of benzene rings is 1. The average Bonchev–Trinajstić information content (AvgIpc) is 3.12. The first-order chi connectivity index (χ1) is 19.7. The average molecular weight is 591 g/mol. The predicted octanol–water partition coefficient (Wildman–Crippen LogP) is 1.47. The predicted molar refractivity (Wildman–Crippen MR) is 143 cm³/mol. The van der Waals surface area contributed by atoms with Crippen LogP contribution in [0.3, 0.4) is 0 Å². The van der Waals surface area contributed by atoms with E-state index in [-0.39, 0.29) is 37.6 Å². The summed E-state index contributed by atoms with van der Waals surface area (Å²) in [7, 11) is 0. The molecular formula is C28H33F3N6O5. The van der Waals surface area contributed by atoms with Crippen LogP contribution >= 0.6 is 0 Å². The van der Waals surface area contributed by atoms with Gasteiger partial charge >= 0.3 is 12.2 Å². The van der Waals surface area contributed by atoms with Gasteiger partial charge in [-0.05, 0) is 31.5 Å². The molecule has 0 saturated carbocycles. The Labute approximate surface area is 240 Å². The van der Waals surface area contributed by atoms with Crippen LogP contribution in [0.25, 0.3) is 0 Å². The molecule has 4 rings (SSSR count). The lowest BCUT2D eigenvalue weighted by Crippen LogP contribution is -2.67. The molecule has 2 saturated heterocycles. The molecule has 3 heterocycles. The number of rotatable bonds is 10. The van der Waals surface area contributed by atoms with Crippen molar-refractivity contribution in [2.24, 2.45) is 5.73 Å². The Bertz CT molecular complexity index is 1300. The van der Waals surface area contributed by atoms with Crippen molar-refractivity contribution in [1.29, 1.82) is 0 Å². The minimum Gasteiger partial charge on any atom is -0.374 e. The monoisotopic (exact) mass is 590 g/mol. The Morgan fingerprint density at radius 2 is 1.79 bits per heavy atom. The molecule has 1 aromatic carbocycles. The summed E-state index contributed by atoms with van der Waals surface area (Å²) in [5.41, 5.74) is 3.96. The fourth-order valence-corrected chi connectivity index (χ4v) is 5.00. The van der Waals surface area contributed by atoms with Gasteiger partial charge in [-0.15, -0.1) is 0 Å². The van der Waals surface area contributed by atoms with Crippen LogP contribution in [0.5, 0.6) is 0 Å². The molecule has 0 aliphatic carbocycles. The number of ether oxygens (including phenoxy) is 1. The van der Waals surface area contributed by atoms with Crippen molar-refractivity contribution in [2.45, 2.75) is 50.2 Å². The summed E-state index contributed by atoms with van der Waals surface area (Å²) in [5.74, 6) is -2.33. The van der Waals surface area contributed by atoms with Crippen molar-refractivity contribution in [1.82, 2.24) is 25.0 Å². The van der Waals surface area contributed by atoms with E-state index in [4.69, 9.17) is 10.5 Å². The van der Waals surface area contributed by atoms with Crippen LogP contribution < -0.4 is 11.1 Å². The molecule has 42 heavy (non-hydrogen) atoms. The van der Waals surface area contributed by atoms with Gasteiger partial charge in [-0.3, -0.25) is 24.3 Å². The second kappa shape index (κ2) is 12.1. The van der Waals surface area contributed by atoms with Crippen molar-refractivity contribution >= 4 is 23.8 Å². The first-order valence-electron chi connectivity index (χ1n) is 13.3. The maximum atomic E-state index is 13.9. The van der Waals surface area contributed by atoms with E-state index in [9.17, 15) is 32.3 Å². The highest BCUT2D eigenvalue weighted by Gasteiger charge is 2.61. The largest absolute Gasteiger partial charge is 0.406 e. The number of hydrogen-bond acceptors (Lipinski definition) is 7. The number of hydrogen-bond donors (Lipinski definition) is 2. The first kappa shape index (κ1) is 30.9. The van der Waals surface area contributed by atoms with Gasteiger partial charge in [0.25, 0.3) is 5.91 Å². The quantitative estimate of drug-likeness (QED) is 0.400. The van der Waals surface area contributed by atoms with Crippen molar-refractivity contribution < 1.29 is 37.1 Å². The van der Waals surface area contributed by atoms with Gasteiger partial charge in [0, 0.05) is 31.4 Å². The molecule has 3 N–H and O–H groups in total. The molecule has 1 aromatic heterocycles. The molecule has 2 aliphatic rings. The summed E-state index contributed by atoms with van der Waals surface area (Å²) in [4.78, 5) is 60.0. The number of carbonyl (C=O) groups is 4. The summed E-state index contributed by atoms with van der Waals surface area (Å²) in [6.45, 7) is 0.388. The zero-order chi connectivity index (χ0) is 30.7. The fourth-order valence-electron chi connectivity index (χ4n) is 5.00. The second-order valence-electron chi connectivity index (χ2n) is 11.0. The summed E-state index contributed by atoms with van der Waals surface area (Å²) in [6.07, 6.45) is -3.57. The van der Waals surface area contributed by atoms with E-state index < -0.39 is 60.1 Å². The fraction of sp³-hybridized carbons (Fsp3) is 0.464. The number of piperazine rings is 1. The van der Waals surface area contributed by atoms with Gasteiger partial charge in [0.05, 0.1) is 25.3 Å². The number of nitrogens with one attached hydrogen (secondary N) is 1. The van der Waals surface area contributed by atoms with Crippen LogP contribution in [-0.4, -0.2) is 99.5 Å². The highest BCUT2D eigenvalue weighted by Crippen LogP contribution is 2.36. The number of amides is 5. The standard InChI is InChI=1S/C28H33F3N6O5/c1-26(2,32)23(39)34-21(16-42-15-19-8-4-3-5-9-19)22(38)35-12-13-37-25(41)36(18-28(29,30)31)24(40)27(37,17-35)14-20-10-6-7-11-33-20/h3-11,21H,12-18,32H2,1-2H3,(H,34,39)/t21-,27+/m1/s1. The Morgan fingerprint density at radius 3 is 2.40 bits per heavy atom. The smallest absolute Gasteiger partial charge is 0.374 e. The van der Waals surface area contributed by atoms with Gasteiger partial charge in [-0.25, -0.2) is 4.79 Å². The number of nitrogens with zero attached hydrogens (tertiary/aromatic N) is 4. The van der Waals surface area contributed by atoms with Crippen molar-refractivity contribution in [3.63, 3.8) is 0 Å². The molecule has 0 unspecified atom stereocenters. The minimum absolute atomic E-state index is 0.0846. The van der Waals surface area contributed by atoms with Crippen LogP contribution in [-0.2, 0) is 32.1 Å². The molecule has 226 valence electrons. The van der Waals surface area contributed by atoms with Crippen molar-refractivity contribution in [3.05, 3.63) is 66.0 Å². The Hall–Kier alpha value is -4.04. The van der Waals surface area contributed by atoms with E-state index in [0.717, 1.165) is 10.5 Å². The molecule has 2 atom stereocenters. The zero-order valence-corrected chi connectivity index (χ0v) is 23.3. The maximum absolute atomic E-state index is 13.9. The molecule has 2 aromatic rings. The molecule has 2 fully saturated rings. The normalized spacial score (nSPS) is 20.0. The molecular weight excluding hydrogens is 557 g/mol. The summed E-state index contributed by atoms with van der Waals surface area (Å²) in [5, 5.41) is 2.60. The number of alkyl halides is 3. The molecule has 11 nitrogen and oxygen atoms in total. The van der Waals surface area contributed by atoms with Crippen molar-refractivity contribution in [2.75, 3.05) is 32.8 Å².